The number of amides is 2. The highest BCUT2D eigenvalue weighted by Crippen LogP contribution is 2.30. The van der Waals surface area contributed by atoms with Crippen LogP contribution in [-0.4, -0.2) is 43.8 Å². The van der Waals surface area contributed by atoms with Crippen molar-refractivity contribution < 1.29 is 18.0 Å². The monoisotopic (exact) mass is 589 g/mol. The van der Waals surface area contributed by atoms with Crippen molar-refractivity contribution in [3.8, 4) is 0 Å². The molecular formula is C29H33Cl2N3O4S. The van der Waals surface area contributed by atoms with Crippen LogP contribution in [0.3, 0.4) is 0 Å². The lowest BCUT2D eigenvalue weighted by Gasteiger charge is -2.32. The molecule has 0 aromatic heterocycles. The molecule has 0 saturated heterocycles. The molecule has 0 bridgehead atoms. The number of sulfonamides is 1. The summed E-state index contributed by atoms with van der Waals surface area (Å²) < 4.78 is 28.7. The van der Waals surface area contributed by atoms with Gasteiger partial charge in [0.1, 0.15) is 12.6 Å². The van der Waals surface area contributed by atoms with E-state index in [0.29, 0.717) is 0 Å². The minimum atomic E-state index is -4.21. The summed E-state index contributed by atoms with van der Waals surface area (Å²) in [5.74, 6) is -0.901. The van der Waals surface area contributed by atoms with Crippen LogP contribution in [0.4, 0.5) is 5.69 Å². The van der Waals surface area contributed by atoms with Crippen molar-refractivity contribution in [2.75, 3.05) is 10.8 Å². The number of benzene rings is 3. The van der Waals surface area contributed by atoms with Gasteiger partial charge in [-0.3, -0.25) is 13.9 Å². The van der Waals surface area contributed by atoms with Gasteiger partial charge >= 0.3 is 0 Å². The van der Waals surface area contributed by atoms with E-state index in [0.717, 1.165) is 21.0 Å². The number of anilines is 1. The second-order valence-corrected chi connectivity index (χ2v) is 12.5. The normalized spacial score (nSPS) is 12.2. The fraction of sp³-hybridized carbons (Fsp3) is 0.310. The Kier molecular flexibility index (Phi) is 10.0. The lowest BCUT2D eigenvalue weighted by atomic mass is 10.1. The molecule has 10 heteroatoms. The molecule has 3 aromatic carbocycles. The van der Waals surface area contributed by atoms with Gasteiger partial charge in [0, 0.05) is 22.6 Å². The van der Waals surface area contributed by atoms with Gasteiger partial charge in [0.25, 0.3) is 10.0 Å². The molecule has 1 N–H and O–H groups in total. The van der Waals surface area contributed by atoms with E-state index >= 15 is 0 Å². The second kappa shape index (κ2) is 12.9. The summed E-state index contributed by atoms with van der Waals surface area (Å²) >= 11 is 12.4. The van der Waals surface area contributed by atoms with Gasteiger partial charge in [-0.1, -0.05) is 65.2 Å². The van der Waals surface area contributed by atoms with E-state index in [9.17, 15) is 18.0 Å². The maximum Gasteiger partial charge on any atom is 0.264 e. The third-order valence-electron chi connectivity index (χ3n) is 6.22. The summed E-state index contributed by atoms with van der Waals surface area (Å²) in [6.07, 6.45) is 0. The average molecular weight is 591 g/mol. The molecule has 0 fully saturated rings. The van der Waals surface area contributed by atoms with Crippen molar-refractivity contribution in [3.05, 3.63) is 93.5 Å². The van der Waals surface area contributed by atoms with Gasteiger partial charge in [-0.15, -0.1) is 0 Å². The van der Waals surface area contributed by atoms with Gasteiger partial charge in [0.2, 0.25) is 11.8 Å². The largest absolute Gasteiger partial charge is 0.352 e. The quantitative estimate of drug-likeness (QED) is 0.326. The lowest BCUT2D eigenvalue weighted by Crippen LogP contribution is -2.52. The molecule has 0 aliphatic carbocycles. The van der Waals surface area contributed by atoms with Gasteiger partial charge < -0.3 is 10.2 Å². The molecule has 0 unspecified atom stereocenters. The van der Waals surface area contributed by atoms with Gasteiger partial charge in [0.15, 0.2) is 0 Å². The number of nitrogens with one attached hydrogen (secondary N) is 1. The summed E-state index contributed by atoms with van der Waals surface area (Å²) in [7, 11) is -4.21. The van der Waals surface area contributed by atoms with Crippen LogP contribution >= 0.6 is 23.2 Å². The number of rotatable bonds is 10. The molecule has 3 rings (SSSR count). The summed E-state index contributed by atoms with van der Waals surface area (Å²) in [4.78, 5) is 28.3. The Bertz CT molecular complexity index is 1420. The third kappa shape index (κ3) is 7.75. The first-order chi connectivity index (χ1) is 18.3. The van der Waals surface area contributed by atoms with E-state index in [-0.39, 0.29) is 39.1 Å². The summed E-state index contributed by atoms with van der Waals surface area (Å²) in [5, 5.41) is 3.28. The Labute approximate surface area is 240 Å². The Balaban J connectivity index is 2.08. The van der Waals surface area contributed by atoms with E-state index in [1.807, 2.05) is 52.0 Å². The molecule has 3 aromatic rings. The first-order valence-corrected chi connectivity index (χ1v) is 14.7. The number of nitrogens with zero attached hydrogens (tertiary/aromatic N) is 2. The molecule has 2 amide bonds. The highest BCUT2D eigenvalue weighted by atomic mass is 35.5. The molecule has 0 radical (unpaired) electrons. The highest BCUT2D eigenvalue weighted by Gasteiger charge is 2.33. The van der Waals surface area contributed by atoms with Crippen LogP contribution in [-0.2, 0) is 26.2 Å². The minimum Gasteiger partial charge on any atom is -0.352 e. The Morgan fingerprint density at radius 3 is 2.05 bits per heavy atom. The molecule has 7 nitrogen and oxygen atoms in total. The molecule has 0 saturated carbocycles. The Hall–Kier alpha value is -3.07. The number of aryl methyl sites for hydroxylation is 2. The van der Waals surface area contributed by atoms with E-state index in [1.54, 1.807) is 19.1 Å². The topological polar surface area (TPSA) is 86.8 Å². The van der Waals surface area contributed by atoms with Gasteiger partial charge in [-0.05, 0) is 76.1 Å². The number of halogens is 2. The van der Waals surface area contributed by atoms with Crippen LogP contribution in [0.25, 0.3) is 0 Å². The highest BCUT2D eigenvalue weighted by molar-refractivity contribution is 7.92. The minimum absolute atomic E-state index is 0.00745. The second-order valence-electron chi connectivity index (χ2n) is 9.74. The van der Waals surface area contributed by atoms with Crippen LogP contribution in [0.1, 0.15) is 37.5 Å². The molecule has 208 valence electrons. The first-order valence-electron chi connectivity index (χ1n) is 12.5. The zero-order valence-corrected chi connectivity index (χ0v) is 24.9. The summed E-state index contributed by atoms with van der Waals surface area (Å²) in [6, 6.07) is 17.2. The van der Waals surface area contributed by atoms with Gasteiger partial charge in [0.05, 0.1) is 10.6 Å². The molecule has 0 aliphatic rings. The van der Waals surface area contributed by atoms with E-state index in [1.165, 1.54) is 35.2 Å². The summed E-state index contributed by atoms with van der Waals surface area (Å²) in [6.45, 7) is 8.60. The molecule has 1 atom stereocenters. The zero-order chi connectivity index (χ0) is 28.9. The summed E-state index contributed by atoms with van der Waals surface area (Å²) in [5.41, 5.74) is 2.81. The fourth-order valence-electron chi connectivity index (χ4n) is 4.01. The van der Waals surface area contributed by atoms with Gasteiger partial charge in [-0.2, -0.15) is 0 Å². The van der Waals surface area contributed by atoms with Crippen LogP contribution in [0.2, 0.25) is 10.0 Å². The van der Waals surface area contributed by atoms with Gasteiger partial charge in [-0.25, -0.2) is 8.42 Å². The van der Waals surface area contributed by atoms with Crippen molar-refractivity contribution in [1.29, 1.82) is 0 Å². The molecule has 39 heavy (non-hydrogen) atoms. The predicted octanol–water partition coefficient (Wildman–Crippen LogP) is 5.75. The van der Waals surface area contributed by atoms with Crippen LogP contribution in [0.5, 0.6) is 0 Å². The molecule has 0 spiro atoms. The number of hydrogen-bond donors (Lipinski definition) is 1. The van der Waals surface area contributed by atoms with Crippen LogP contribution < -0.4 is 9.62 Å². The molecular weight excluding hydrogens is 557 g/mol. The van der Waals surface area contributed by atoms with E-state index in [2.05, 4.69) is 5.32 Å². The Morgan fingerprint density at radius 1 is 0.897 bits per heavy atom. The number of hydrogen-bond acceptors (Lipinski definition) is 4. The van der Waals surface area contributed by atoms with E-state index in [4.69, 9.17) is 23.2 Å². The predicted molar refractivity (Wildman–Crippen MR) is 157 cm³/mol. The average Bonchev–Trinajstić information content (AvgIpc) is 2.85. The van der Waals surface area contributed by atoms with Crippen LogP contribution in [0.15, 0.2) is 71.6 Å². The standard InChI is InChI=1S/C29H33Cl2N3O4S/c1-19(2)32-29(36)22(5)33(17-23-9-7-6-8-21(23)4)28(35)18-34(26-15-24(30)14-25(31)16-26)39(37,38)27-12-10-20(3)11-13-27/h6-16,19,22H,17-18H2,1-5H3,(H,32,36)/t22-/m1/s1. The van der Waals surface area contributed by atoms with Crippen molar-refractivity contribution in [2.45, 2.75) is 58.1 Å². The molecule has 0 aliphatic heterocycles. The molecule has 0 heterocycles. The Morgan fingerprint density at radius 2 is 1.49 bits per heavy atom. The van der Waals surface area contributed by atoms with E-state index < -0.39 is 28.5 Å². The SMILES string of the molecule is Cc1ccc(S(=O)(=O)N(CC(=O)N(Cc2ccccc2C)[C@H](C)C(=O)NC(C)C)c2cc(Cl)cc(Cl)c2)cc1. The maximum absolute atomic E-state index is 14.0. The lowest BCUT2D eigenvalue weighted by molar-refractivity contribution is -0.139. The first kappa shape index (κ1) is 30.5. The van der Waals surface area contributed by atoms with Crippen molar-refractivity contribution in [1.82, 2.24) is 10.2 Å². The van der Waals surface area contributed by atoms with Crippen molar-refractivity contribution >= 4 is 50.7 Å². The van der Waals surface area contributed by atoms with Crippen molar-refractivity contribution in [2.24, 2.45) is 0 Å². The maximum atomic E-state index is 14.0. The smallest absolute Gasteiger partial charge is 0.264 e. The third-order valence-corrected chi connectivity index (χ3v) is 8.45. The van der Waals surface area contributed by atoms with Crippen molar-refractivity contribution in [3.63, 3.8) is 0 Å². The number of carbonyl (C=O) groups is 2. The zero-order valence-electron chi connectivity index (χ0n) is 22.6. The van der Waals surface area contributed by atoms with Crippen LogP contribution in [0, 0.1) is 13.8 Å². The fourth-order valence-corrected chi connectivity index (χ4v) is 5.92. The number of carbonyl (C=O) groups excluding carboxylic acids is 2.